The van der Waals surface area contributed by atoms with Crippen LogP contribution in [0.15, 0.2) is 21.6 Å². The first-order chi connectivity index (χ1) is 5.95. The van der Waals surface area contributed by atoms with Crippen molar-refractivity contribution in [3.63, 3.8) is 0 Å². The van der Waals surface area contributed by atoms with Crippen LogP contribution in [0.4, 0.5) is 13.2 Å². The molecule has 0 aliphatic carbocycles. The summed E-state index contributed by atoms with van der Waals surface area (Å²) in [5.74, 6) is 0. The summed E-state index contributed by atoms with van der Waals surface area (Å²) in [6.07, 6.45) is -1.40. The quantitative estimate of drug-likeness (QED) is 0.725. The summed E-state index contributed by atoms with van der Waals surface area (Å²) in [4.78, 5) is 3.99. The van der Waals surface area contributed by atoms with E-state index in [9.17, 15) is 13.2 Å². The molecule has 0 saturated carbocycles. The van der Waals surface area contributed by atoms with Crippen molar-refractivity contribution >= 4 is 27.7 Å². The highest BCUT2D eigenvalue weighted by Gasteiger charge is 2.32. The van der Waals surface area contributed by atoms with E-state index >= 15 is 0 Å². The fourth-order valence-electron chi connectivity index (χ4n) is 0.723. The van der Waals surface area contributed by atoms with Crippen LogP contribution in [0.3, 0.4) is 0 Å². The van der Waals surface area contributed by atoms with Crippen LogP contribution in [0, 0.1) is 0 Å². The third kappa shape index (κ3) is 2.60. The first-order valence-corrected chi connectivity index (χ1v) is 5.23. The Morgan fingerprint density at radius 3 is 2.46 bits per heavy atom. The van der Waals surface area contributed by atoms with E-state index in [0.717, 1.165) is 6.07 Å². The molecule has 72 valence electrons. The topological polar surface area (TPSA) is 12.9 Å². The van der Waals surface area contributed by atoms with E-state index in [4.69, 9.17) is 0 Å². The molecule has 0 atom stereocenters. The Labute approximate surface area is 85.9 Å². The van der Waals surface area contributed by atoms with Crippen LogP contribution >= 0.6 is 27.7 Å². The highest BCUT2D eigenvalue weighted by Crippen LogP contribution is 2.32. The number of hydrogen-bond donors (Lipinski definition) is 0. The first-order valence-electron chi connectivity index (χ1n) is 3.22. The Kier molecular flexibility index (Phi) is 3.23. The molecule has 0 amide bonds. The van der Waals surface area contributed by atoms with E-state index in [0.29, 0.717) is 9.37 Å². The Morgan fingerprint density at radius 2 is 2.08 bits per heavy atom. The van der Waals surface area contributed by atoms with Crippen molar-refractivity contribution < 1.29 is 13.2 Å². The van der Waals surface area contributed by atoms with Gasteiger partial charge in [0.2, 0.25) is 0 Å². The van der Waals surface area contributed by atoms with E-state index in [1.54, 1.807) is 6.26 Å². The van der Waals surface area contributed by atoms with Gasteiger partial charge in [0.05, 0.1) is 0 Å². The summed E-state index contributed by atoms with van der Waals surface area (Å²) < 4.78 is 36.8. The minimum atomic E-state index is -4.38. The lowest BCUT2D eigenvalue weighted by atomic mass is 10.3. The van der Waals surface area contributed by atoms with Gasteiger partial charge < -0.3 is 0 Å². The van der Waals surface area contributed by atoms with Crippen molar-refractivity contribution in [3.05, 3.63) is 22.4 Å². The van der Waals surface area contributed by atoms with Crippen LogP contribution in [0.5, 0.6) is 0 Å². The second-order valence-electron chi connectivity index (χ2n) is 2.20. The van der Waals surface area contributed by atoms with E-state index in [-0.39, 0.29) is 0 Å². The van der Waals surface area contributed by atoms with Gasteiger partial charge in [-0.3, -0.25) is 4.98 Å². The minimum Gasteiger partial charge on any atom is -0.251 e. The van der Waals surface area contributed by atoms with Gasteiger partial charge in [-0.25, -0.2) is 0 Å². The molecule has 0 saturated heterocycles. The summed E-state index contributed by atoms with van der Waals surface area (Å²) in [7, 11) is 0. The van der Waals surface area contributed by atoms with E-state index in [2.05, 4.69) is 20.9 Å². The number of halogens is 4. The number of alkyl halides is 3. The van der Waals surface area contributed by atoms with E-state index < -0.39 is 11.9 Å². The van der Waals surface area contributed by atoms with Crippen LogP contribution < -0.4 is 0 Å². The van der Waals surface area contributed by atoms with E-state index in [1.807, 2.05) is 0 Å². The Bertz CT molecular complexity index is 313. The molecule has 0 radical (unpaired) electrons. The fraction of sp³-hybridized carbons (Fsp3) is 0.286. The molecule has 1 aromatic heterocycles. The number of hydrogen-bond acceptors (Lipinski definition) is 2. The van der Waals surface area contributed by atoms with Gasteiger partial charge in [-0.15, -0.1) is 11.8 Å². The third-order valence-corrected chi connectivity index (χ3v) is 3.01. The SMILES string of the molecule is CSc1cnc(C(F)(F)F)cc1Br. The minimum absolute atomic E-state index is 0.419. The lowest BCUT2D eigenvalue weighted by Crippen LogP contribution is -2.07. The smallest absolute Gasteiger partial charge is 0.251 e. The molecule has 6 heteroatoms. The average Bonchev–Trinajstić information content (AvgIpc) is 2.02. The Morgan fingerprint density at radius 1 is 1.46 bits per heavy atom. The van der Waals surface area contributed by atoms with Crippen molar-refractivity contribution in [1.29, 1.82) is 0 Å². The predicted octanol–water partition coefficient (Wildman–Crippen LogP) is 3.58. The van der Waals surface area contributed by atoms with Crippen molar-refractivity contribution in [3.8, 4) is 0 Å². The fourth-order valence-corrected chi connectivity index (χ4v) is 1.94. The largest absolute Gasteiger partial charge is 0.433 e. The van der Waals surface area contributed by atoms with E-state index in [1.165, 1.54) is 18.0 Å². The Balaban J connectivity index is 3.10. The summed E-state index contributed by atoms with van der Waals surface area (Å²) in [6, 6.07) is 0.978. The number of thioether (sulfide) groups is 1. The Hall–Kier alpha value is -0.230. The highest BCUT2D eigenvalue weighted by molar-refractivity contribution is 9.10. The van der Waals surface area contributed by atoms with Crippen LogP contribution in [-0.4, -0.2) is 11.2 Å². The van der Waals surface area contributed by atoms with Gasteiger partial charge in [0.25, 0.3) is 0 Å². The van der Waals surface area contributed by atoms with Gasteiger partial charge in [0.15, 0.2) is 0 Å². The molecule has 0 unspecified atom stereocenters. The van der Waals surface area contributed by atoms with Crippen molar-refractivity contribution in [2.45, 2.75) is 11.1 Å². The summed E-state index contributed by atoms with van der Waals surface area (Å²) in [5.41, 5.74) is -0.878. The summed E-state index contributed by atoms with van der Waals surface area (Å²) in [6.45, 7) is 0. The molecule has 1 nitrogen and oxygen atoms in total. The molecular formula is C7H5BrF3NS. The van der Waals surface area contributed by atoms with Crippen molar-refractivity contribution in [1.82, 2.24) is 4.98 Å². The maximum Gasteiger partial charge on any atom is 0.433 e. The van der Waals surface area contributed by atoms with Gasteiger partial charge in [-0.2, -0.15) is 13.2 Å². The average molecular weight is 272 g/mol. The standard InChI is InChI=1S/C7H5BrF3NS/c1-13-5-3-12-6(2-4(5)8)7(9,10)11/h2-3H,1H3. The van der Waals surface area contributed by atoms with Gasteiger partial charge in [0.1, 0.15) is 5.69 Å². The maximum absolute atomic E-state index is 12.1. The zero-order chi connectivity index (χ0) is 10.1. The monoisotopic (exact) mass is 271 g/mol. The molecule has 1 heterocycles. The lowest BCUT2D eigenvalue weighted by Gasteiger charge is -2.07. The molecular weight excluding hydrogens is 267 g/mol. The van der Waals surface area contributed by atoms with Crippen molar-refractivity contribution in [2.75, 3.05) is 6.26 Å². The normalized spacial score (nSPS) is 11.8. The maximum atomic E-state index is 12.1. The zero-order valence-electron chi connectivity index (χ0n) is 6.52. The molecule has 0 N–H and O–H groups in total. The molecule has 0 spiro atoms. The first kappa shape index (κ1) is 10.8. The lowest BCUT2D eigenvalue weighted by molar-refractivity contribution is -0.141. The second kappa shape index (κ2) is 3.88. The zero-order valence-corrected chi connectivity index (χ0v) is 8.92. The molecule has 1 rings (SSSR count). The highest BCUT2D eigenvalue weighted by atomic mass is 79.9. The third-order valence-electron chi connectivity index (χ3n) is 1.33. The second-order valence-corrected chi connectivity index (χ2v) is 3.90. The molecule has 13 heavy (non-hydrogen) atoms. The molecule has 1 aromatic rings. The van der Waals surface area contributed by atoms with Gasteiger partial charge in [-0.1, -0.05) is 0 Å². The molecule has 0 aromatic carbocycles. The van der Waals surface area contributed by atoms with Crippen LogP contribution in [0.25, 0.3) is 0 Å². The van der Waals surface area contributed by atoms with Crippen molar-refractivity contribution in [2.24, 2.45) is 0 Å². The van der Waals surface area contributed by atoms with Crippen LogP contribution in [0.2, 0.25) is 0 Å². The summed E-state index contributed by atoms with van der Waals surface area (Å²) in [5, 5.41) is 0. The number of rotatable bonds is 1. The van der Waals surface area contributed by atoms with Gasteiger partial charge in [0, 0.05) is 15.6 Å². The summed E-state index contributed by atoms with van der Waals surface area (Å²) >= 11 is 4.38. The number of nitrogens with zero attached hydrogens (tertiary/aromatic N) is 1. The van der Waals surface area contributed by atoms with Gasteiger partial charge in [-0.05, 0) is 28.3 Å². The molecule has 0 aliphatic heterocycles. The number of aromatic nitrogens is 1. The predicted molar refractivity (Wildman–Crippen MR) is 48.7 cm³/mol. The molecule has 0 bridgehead atoms. The molecule has 0 fully saturated rings. The van der Waals surface area contributed by atoms with Crippen LogP contribution in [-0.2, 0) is 6.18 Å². The molecule has 0 aliphatic rings. The van der Waals surface area contributed by atoms with Crippen LogP contribution in [0.1, 0.15) is 5.69 Å². The van der Waals surface area contributed by atoms with Gasteiger partial charge >= 0.3 is 6.18 Å². The number of pyridine rings is 1.